The van der Waals surface area contributed by atoms with E-state index >= 15 is 0 Å². The number of benzene rings is 1. The number of aromatic nitrogens is 4. The van der Waals surface area contributed by atoms with Gasteiger partial charge >= 0.3 is 0 Å². The van der Waals surface area contributed by atoms with Gasteiger partial charge in [-0.15, -0.1) is 0 Å². The topological polar surface area (TPSA) is 69.7 Å². The monoisotopic (exact) mass is 394 g/mol. The average Bonchev–Trinajstić information content (AvgIpc) is 3.14. The number of piperidine rings is 1. The van der Waals surface area contributed by atoms with E-state index in [4.69, 9.17) is 0 Å². The highest BCUT2D eigenvalue weighted by atomic mass is 19.3. The molecule has 0 spiro atoms. The van der Waals surface area contributed by atoms with Gasteiger partial charge in [-0.05, 0) is 36.6 Å². The Bertz CT molecular complexity index is 976. The van der Waals surface area contributed by atoms with Crippen molar-refractivity contribution in [2.45, 2.75) is 24.8 Å². The Labute approximate surface area is 158 Å². The lowest BCUT2D eigenvalue weighted by molar-refractivity contribution is -0.0734. The second kappa shape index (κ2) is 7.34. The fraction of sp³-hybridized carbons (Fsp3) is 0.389. The molecule has 0 radical (unpaired) electrons. The van der Waals surface area contributed by atoms with Gasteiger partial charge in [0.1, 0.15) is 23.8 Å². The Morgan fingerprint density at radius 2 is 2.11 bits per heavy atom. The zero-order chi connectivity index (χ0) is 19.7. The van der Waals surface area contributed by atoms with Crippen LogP contribution < -0.4 is 5.32 Å². The van der Waals surface area contributed by atoms with Gasteiger partial charge in [-0.1, -0.05) is 0 Å². The summed E-state index contributed by atoms with van der Waals surface area (Å²) in [5, 5.41) is 9.88. The molecule has 0 saturated carbocycles. The number of anilines is 1. The molecule has 1 atom stereocenters. The minimum atomic E-state index is -3.01. The molecule has 28 heavy (non-hydrogen) atoms. The molecular formula is C18H18F4N6. The molecule has 1 aliphatic rings. The summed E-state index contributed by atoms with van der Waals surface area (Å²) >= 11 is 0. The predicted molar refractivity (Wildman–Crippen MR) is 95.2 cm³/mol. The van der Waals surface area contributed by atoms with Crippen molar-refractivity contribution in [1.29, 1.82) is 0 Å². The molecule has 0 aliphatic carbocycles. The van der Waals surface area contributed by atoms with Gasteiger partial charge in [-0.3, -0.25) is 10.00 Å². The van der Waals surface area contributed by atoms with E-state index < -0.39 is 30.1 Å². The molecule has 4 rings (SSSR count). The van der Waals surface area contributed by atoms with Crippen LogP contribution in [-0.2, 0) is 6.42 Å². The summed E-state index contributed by atoms with van der Waals surface area (Å²) in [6.07, 6.45) is 3.11. The van der Waals surface area contributed by atoms with Gasteiger partial charge in [0.05, 0.1) is 24.2 Å². The van der Waals surface area contributed by atoms with Crippen molar-refractivity contribution in [3.8, 4) is 0 Å². The number of hydrogen-bond acceptors (Lipinski definition) is 5. The summed E-state index contributed by atoms with van der Waals surface area (Å²) in [6.45, 7) is 0.160. The lowest BCUT2D eigenvalue weighted by Crippen LogP contribution is -2.54. The molecule has 3 heterocycles. The summed E-state index contributed by atoms with van der Waals surface area (Å²) in [7, 11) is 0. The molecule has 1 fully saturated rings. The fourth-order valence-electron chi connectivity index (χ4n) is 3.44. The third kappa shape index (κ3) is 3.77. The Balaban J connectivity index is 1.40. The summed E-state index contributed by atoms with van der Waals surface area (Å²) in [5.41, 5.74) is 0.655. The maximum absolute atomic E-state index is 14.7. The van der Waals surface area contributed by atoms with Gasteiger partial charge in [-0.2, -0.15) is 5.10 Å². The number of halogens is 4. The molecule has 2 N–H and O–H groups in total. The highest BCUT2D eigenvalue weighted by Gasteiger charge is 2.44. The average molecular weight is 394 g/mol. The maximum Gasteiger partial charge on any atom is 0.280 e. The molecule has 10 heteroatoms. The minimum absolute atomic E-state index is 0.166. The van der Waals surface area contributed by atoms with E-state index in [2.05, 4.69) is 25.5 Å². The van der Waals surface area contributed by atoms with Crippen LogP contribution in [0.3, 0.4) is 0 Å². The lowest BCUT2D eigenvalue weighted by atomic mass is 9.99. The number of H-pyrrole nitrogens is 1. The summed E-state index contributed by atoms with van der Waals surface area (Å²) < 4.78 is 56.4. The van der Waals surface area contributed by atoms with Gasteiger partial charge in [0, 0.05) is 13.1 Å². The fourth-order valence-corrected chi connectivity index (χ4v) is 3.44. The number of alkyl halides is 2. The van der Waals surface area contributed by atoms with E-state index in [9.17, 15) is 17.6 Å². The first-order valence-corrected chi connectivity index (χ1v) is 8.87. The van der Waals surface area contributed by atoms with E-state index in [0.717, 1.165) is 18.2 Å². The highest BCUT2D eigenvalue weighted by Crippen LogP contribution is 2.31. The van der Waals surface area contributed by atoms with Crippen molar-refractivity contribution >= 4 is 16.9 Å². The van der Waals surface area contributed by atoms with Crippen LogP contribution in [0.25, 0.3) is 11.0 Å². The largest absolute Gasteiger partial charge is 0.360 e. The van der Waals surface area contributed by atoms with Gasteiger partial charge in [-0.25, -0.2) is 27.5 Å². The number of rotatable bonds is 5. The molecular weight excluding hydrogens is 376 g/mol. The van der Waals surface area contributed by atoms with Crippen LogP contribution in [0.5, 0.6) is 0 Å². The number of nitrogens with zero attached hydrogens (tertiary/aromatic N) is 4. The van der Waals surface area contributed by atoms with Crippen molar-refractivity contribution in [3.05, 3.63) is 47.9 Å². The maximum atomic E-state index is 14.7. The van der Waals surface area contributed by atoms with E-state index in [1.807, 2.05) is 0 Å². The molecule has 1 unspecified atom stereocenters. The summed E-state index contributed by atoms with van der Waals surface area (Å²) in [6, 6.07) is 2.09. The lowest BCUT2D eigenvalue weighted by Gasteiger charge is -2.38. The predicted octanol–water partition coefficient (Wildman–Crippen LogP) is 3.00. The van der Waals surface area contributed by atoms with Crippen molar-refractivity contribution in [3.63, 3.8) is 0 Å². The highest BCUT2D eigenvalue weighted by molar-refractivity contribution is 5.85. The van der Waals surface area contributed by atoms with Crippen LogP contribution in [0.15, 0.2) is 30.7 Å². The SMILES string of the molecule is Fc1ccc(F)c(CCN2CCC(Nc3ncnc4[nH]ncc34)C(F)(F)C2)c1. The Hall–Kier alpha value is -2.75. The van der Waals surface area contributed by atoms with E-state index in [1.54, 1.807) is 4.90 Å². The van der Waals surface area contributed by atoms with Crippen molar-refractivity contribution in [1.82, 2.24) is 25.1 Å². The number of fused-ring (bicyclic) bond motifs is 1. The van der Waals surface area contributed by atoms with E-state index in [-0.39, 0.29) is 24.9 Å². The van der Waals surface area contributed by atoms with Crippen LogP contribution in [0, 0.1) is 11.6 Å². The van der Waals surface area contributed by atoms with Crippen LogP contribution >= 0.6 is 0 Å². The first kappa shape index (κ1) is 18.6. The van der Waals surface area contributed by atoms with Crippen LogP contribution in [-0.4, -0.2) is 56.7 Å². The first-order valence-electron chi connectivity index (χ1n) is 8.87. The van der Waals surface area contributed by atoms with Crippen LogP contribution in [0.2, 0.25) is 0 Å². The quantitative estimate of drug-likeness (QED) is 0.651. The normalized spacial score (nSPS) is 19.8. The van der Waals surface area contributed by atoms with Gasteiger partial charge in [0.25, 0.3) is 5.92 Å². The molecule has 1 aromatic carbocycles. The Kier molecular flexibility index (Phi) is 4.88. The third-order valence-corrected chi connectivity index (χ3v) is 4.94. The third-order valence-electron chi connectivity index (χ3n) is 4.94. The van der Waals surface area contributed by atoms with Gasteiger partial charge in [0.15, 0.2) is 5.65 Å². The molecule has 148 valence electrons. The van der Waals surface area contributed by atoms with E-state index in [1.165, 1.54) is 12.5 Å². The minimum Gasteiger partial charge on any atom is -0.360 e. The van der Waals surface area contributed by atoms with Crippen LogP contribution in [0.4, 0.5) is 23.4 Å². The molecule has 1 aliphatic heterocycles. The van der Waals surface area contributed by atoms with Gasteiger partial charge in [0.2, 0.25) is 0 Å². The molecule has 2 aromatic heterocycles. The molecule has 0 amide bonds. The molecule has 3 aromatic rings. The number of aromatic amines is 1. The van der Waals surface area contributed by atoms with E-state index in [0.29, 0.717) is 23.4 Å². The molecule has 1 saturated heterocycles. The van der Waals surface area contributed by atoms with Crippen molar-refractivity contribution < 1.29 is 17.6 Å². The summed E-state index contributed by atoms with van der Waals surface area (Å²) in [5.74, 6) is -3.78. The zero-order valence-electron chi connectivity index (χ0n) is 14.8. The Morgan fingerprint density at radius 3 is 2.93 bits per heavy atom. The van der Waals surface area contributed by atoms with Gasteiger partial charge < -0.3 is 5.32 Å². The Morgan fingerprint density at radius 1 is 1.25 bits per heavy atom. The molecule has 0 bridgehead atoms. The second-order valence-corrected chi connectivity index (χ2v) is 6.86. The zero-order valence-corrected chi connectivity index (χ0v) is 14.8. The summed E-state index contributed by atoms with van der Waals surface area (Å²) in [4.78, 5) is 9.60. The second-order valence-electron chi connectivity index (χ2n) is 6.86. The number of likely N-dealkylation sites (tertiary alicyclic amines) is 1. The molecule has 6 nitrogen and oxygen atoms in total. The smallest absolute Gasteiger partial charge is 0.280 e. The van der Waals surface area contributed by atoms with Crippen molar-refractivity contribution in [2.75, 3.05) is 25.0 Å². The van der Waals surface area contributed by atoms with Crippen LogP contribution in [0.1, 0.15) is 12.0 Å². The first-order chi connectivity index (χ1) is 13.4. The number of hydrogen-bond donors (Lipinski definition) is 2. The number of nitrogens with one attached hydrogen (secondary N) is 2. The van der Waals surface area contributed by atoms with Crippen molar-refractivity contribution in [2.24, 2.45) is 0 Å². The standard InChI is InChI=1S/C18H18F4N6/c19-12-1-2-14(20)11(7-12)3-5-28-6-4-15(18(21,22)9-28)26-16-13-8-25-27-17(13)24-10-23-16/h1-2,7-8,10,15H,3-6,9H2,(H2,23,24,25,26,27).